The van der Waals surface area contributed by atoms with E-state index in [0.29, 0.717) is 12.1 Å². The fraction of sp³-hybridized carbons (Fsp3) is 0.364. The molecule has 15 heavy (non-hydrogen) atoms. The second kappa shape index (κ2) is 5.36. The number of primary amides is 1. The molecule has 0 radical (unpaired) electrons. The Morgan fingerprint density at radius 3 is 2.73 bits per heavy atom. The quantitative estimate of drug-likeness (QED) is 0.626. The third-order valence-corrected chi connectivity index (χ3v) is 2.20. The molecule has 0 fully saturated rings. The van der Waals surface area contributed by atoms with E-state index in [9.17, 15) is 4.79 Å². The minimum absolute atomic E-state index is 0.388. The summed E-state index contributed by atoms with van der Waals surface area (Å²) in [5, 5.41) is 3.22. The smallest absolute Gasteiger partial charge is 0.248 e. The summed E-state index contributed by atoms with van der Waals surface area (Å²) in [6.07, 6.45) is 0.927. The zero-order valence-corrected chi connectivity index (χ0v) is 8.92. The Balaban J connectivity index is 2.69. The van der Waals surface area contributed by atoms with Crippen LogP contribution in [0.5, 0.6) is 0 Å². The van der Waals surface area contributed by atoms with Gasteiger partial charge < -0.3 is 16.8 Å². The summed E-state index contributed by atoms with van der Waals surface area (Å²) >= 11 is 0. The topological polar surface area (TPSA) is 81.1 Å². The van der Waals surface area contributed by atoms with Crippen LogP contribution >= 0.6 is 0 Å². The van der Waals surface area contributed by atoms with Crippen molar-refractivity contribution in [3.63, 3.8) is 0 Å². The molecule has 0 bridgehead atoms. The van der Waals surface area contributed by atoms with E-state index >= 15 is 0 Å². The summed E-state index contributed by atoms with van der Waals surface area (Å²) in [5.41, 5.74) is 13.0. The zero-order valence-electron chi connectivity index (χ0n) is 8.92. The molecular formula is C11H17N3O. The second-order valence-electron chi connectivity index (χ2n) is 3.46. The van der Waals surface area contributed by atoms with Crippen LogP contribution in [0.3, 0.4) is 0 Å². The predicted octanol–water partition coefficient (Wildman–Crippen LogP) is 0.855. The summed E-state index contributed by atoms with van der Waals surface area (Å²) in [4.78, 5) is 11.0. The van der Waals surface area contributed by atoms with Crippen LogP contribution in [0.25, 0.3) is 0 Å². The summed E-state index contributed by atoms with van der Waals surface area (Å²) in [5.74, 6) is -0.388. The number of aryl methyl sites for hydroxylation is 1. The molecule has 0 saturated carbocycles. The fourth-order valence-corrected chi connectivity index (χ4v) is 1.38. The number of rotatable bonds is 5. The van der Waals surface area contributed by atoms with Gasteiger partial charge in [-0.15, -0.1) is 0 Å². The molecule has 0 heterocycles. The minimum Gasteiger partial charge on any atom is -0.385 e. The van der Waals surface area contributed by atoms with Gasteiger partial charge in [-0.3, -0.25) is 4.79 Å². The van der Waals surface area contributed by atoms with E-state index in [4.69, 9.17) is 11.5 Å². The summed E-state index contributed by atoms with van der Waals surface area (Å²) < 4.78 is 0. The molecule has 0 aliphatic carbocycles. The first-order valence-electron chi connectivity index (χ1n) is 4.99. The number of carbonyl (C=O) groups is 1. The Hall–Kier alpha value is -1.55. The van der Waals surface area contributed by atoms with E-state index in [0.717, 1.165) is 24.2 Å². The number of hydrogen-bond acceptors (Lipinski definition) is 3. The fourth-order valence-electron chi connectivity index (χ4n) is 1.38. The van der Waals surface area contributed by atoms with E-state index in [1.54, 1.807) is 6.07 Å². The Kier molecular flexibility index (Phi) is 4.12. The first-order valence-corrected chi connectivity index (χ1v) is 4.99. The Morgan fingerprint density at radius 1 is 1.47 bits per heavy atom. The highest BCUT2D eigenvalue weighted by atomic mass is 16.1. The zero-order chi connectivity index (χ0) is 11.3. The van der Waals surface area contributed by atoms with E-state index in [-0.39, 0.29) is 5.91 Å². The van der Waals surface area contributed by atoms with Gasteiger partial charge in [0.1, 0.15) is 0 Å². The van der Waals surface area contributed by atoms with Crippen LogP contribution in [-0.4, -0.2) is 19.0 Å². The lowest BCUT2D eigenvalue weighted by Gasteiger charge is -2.08. The van der Waals surface area contributed by atoms with E-state index in [1.807, 2.05) is 19.1 Å². The lowest BCUT2D eigenvalue weighted by Crippen LogP contribution is -2.13. The van der Waals surface area contributed by atoms with Crippen molar-refractivity contribution in [1.82, 2.24) is 0 Å². The molecular weight excluding hydrogens is 190 g/mol. The van der Waals surface area contributed by atoms with Crippen LogP contribution < -0.4 is 16.8 Å². The van der Waals surface area contributed by atoms with Crippen molar-refractivity contribution in [2.45, 2.75) is 13.3 Å². The van der Waals surface area contributed by atoms with Crippen LogP contribution in [0.4, 0.5) is 5.69 Å². The van der Waals surface area contributed by atoms with Crippen LogP contribution in [0.15, 0.2) is 18.2 Å². The van der Waals surface area contributed by atoms with Gasteiger partial charge in [-0.2, -0.15) is 0 Å². The molecule has 1 aromatic carbocycles. The highest BCUT2D eigenvalue weighted by Gasteiger charge is 2.04. The average Bonchev–Trinajstić information content (AvgIpc) is 2.17. The largest absolute Gasteiger partial charge is 0.385 e. The summed E-state index contributed by atoms with van der Waals surface area (Å²) in [6, 6.07) is 5.50. The summed E-state index contributed by atoms with van der Waals surface area (Å²) in [7, 11) is 0. The van der Waals surface area contributed by atoms with Gasteiger partial charge in [-0.1, -0.05) is 0 Å². The van der Waals surface area contributed by atoms with Crippen LogP contribution in [0.2, 0.25) is 0 Å². The Labute approximate surface area is 89.6 Å². The van der Waals surface area contributed by atoms with Gasteiger partial charge in [0, 0.05) is 17.8 Å². The molecule has 0 saturated heterocycles. The van der Waals surface area contributed by atoms with Gasteiger partial charge in [0.25, 0.3) is 0 Å². The molecule has 5 N–H and O–H groups in total. The Bertz CT molecular complexity index is 350. The molecule has 82 valence electrons. The van der Waals surface area contributed by atoms with Gasteiger partial charge in [-0.25, -0.2) is 0 Å². The molecule has 0 unspecified atom stereocenters. The van der Waals surface area contributed by atoms with Crippen molar-refractivity contribution in [2.24, 2.45) is 11.5 Å². The molecule has 0 spiro atoms. The SMILES string of the molecule is Cc1cc(NCCCN)ccc1C(N)=O. The third-order valence-electron chi connectivity index (χ3n) is 2.20. The molecule has 4 nitrogen and oxygen atoms in total. The number of hydrogen-bond donors (Lipinski definition) is 3. The van der Waals surface area contributed by atoms with Crippen LogP contribution in [0.1, 0.15) is 22.3 Å². The third kappa shape index (κ3) is 3.25. The normalized spacial score (nSPS) is 10.0. The van der Waals surface area contributed by atoms with Crippen molar-refractivity contribution in [2.75, 3.05) is 18.4 Å². The van der Waals surface area contributed by atoms with E-state index < -0.39 is 0 Å². The van der Waals surface area contributed by atoms with Gasteiger partial charge in [0.05, 0.1) is 0 Å². The van der Waals surface area contributed by atoms with Crippen LogP contribution in [-0.2, 0) is 0 Å². The number of benzene rings is 1. The van der Waals surface area contributed by atoms with Crippen molar-refractivity contribution >= 4 is 11.6 Å². The molecule has 0 aliphatic rings. The summed E-state index contributed by atoms with van der Waals surface area (Å²) in [6.45, 7) is 3.38. The van der Waals surface area contributed by atoms with Crippen molar-refractivity contribution in [1.29, 1.82) is 0 Å². The van der Waals surface area contributed by atoms with E-state index in [1.165, 1.54) is 0 Å². The molecule has 0 aliphatic heterocycles. The maximum atomic E-state index is 11.0. The number of nitrogens with one attached hydrogen (secondary N) is 1. The number of nitrogens with two attached hydrogens (primary N) is 2. The maximum absolute atomic E-state index is 11.0. The van der Waals surface area contributed by atoms with Gasteiger partial charge in [0.15, 0.2) is 0 Å². The van der Waals surface area contributed by atoms with Gasteiger partial charge in [0.2, 0.25) is 5.91 Å². The molecule has 0 atom stereocenters. The maximum Gasteiger partial charge on any atom is 0.248 e. The van der Waals surface area contributed by atoms with Crippen molar-refractivity contribution in [3.8, 4) is 0 Å². The first-order chi connectivity index (χ1) is 7.15. The highest BCUT2D eigenvalue weighted by molar-refractivity contribution is 5.94. The molecule has 1 aromatic rings. The monoisotopic (exact) mass is 207 g/mol. The highest BCUT2D eigenvalue weighted by Crippen LogP contribution is 2.14. The lowest BCUT2D eigenvalue weighted by atomic mass is 10.1. The standard InChI is InChI=1S/C11H17N3O/c1-8-7-9(14-6-2-5-12)3-4-10(8)11(13)15/h3-4,7,14H,2,5-6,12H2,1H3,(H2,13,15). The van der Waals surface area contributed by atoms with Crippen LogP contribution in [0, 0.1) is 6.92 Å². The van der Waals surface area contributed by atoms with Gasteiger partial charge >= 0.3 is 0 Å². The first kappa shape index (κ1) is 11.5. The number of carbonyl (C=O) groups excluding carboxylic acids is 1. The van der Waals surface area contributed by atoms with Gasteiger partial charge in [-0.05, 0) is 43.7 Å². The second-order valence-corrected chi connectivity index (χ2v) is 3.46. The Morgan fingerprint density at radius 2 is 2.20 bits per heavy atom. The molecule has 0 aromatic heterocycles. The van der Waals surface area contributed by atoms with E-state index in [2.05, 4.69) is 5.32 Å². The van der Waals surface area contributed by atoms with Crippen molar-refractivity contribution in [3.05, 3.63) is 29.3 Å². The minimum atomic E-state index is -0.388. The van der Waals surface area contributed by atoms with Crippen molar-refractivity contribution < 1.29 is 4.79 Å². The number of anilines is 1. The number of amides is 1. The molecule has 4 heteroatoms. The molecule has 1 rings (SSSR count). The molecule has 1 amide bonds. The lowest BCUT2D eigenvalue weighted by molar-refractivity contribution is 0.1000. The predicted molar refractivity (Wildman–Crippen MR) is 61.9 cm³/mol. The average molecular weight is 207 g/mol.